The molecule has 0 aliphatic heterocycles. The quantitative estimate of drug-likeness (QED) is 0.514. The molecule has 0 amide bonds. The number of rotatable bonds is 3. The molecule has 4 heteroatoms. The van der Waals surface area contributed by atoms with Crippen LogP contribution in [0.4, 0.5) is 4.39 Å². The molecule has 0 unspecified atom stereocenters. The molecule has 2 aromatic carbocycles. The molecule has 124 valence electrons. The van der Waals surface area contributed by atoms with Gasteiger partial charge in [-0.15, -0.1) is 0 Å². The Kier molecular flexibility index (Phi) is 4.04. The lowest BCUT2D eigenvalue weighted by atomic mass is 10.00. The Bertz CT molecular complexity index is 1110. The van der Waals surface area contributed by atoms with E-state index in [2.05, 4.69) is 11.1 Å². The van der Waals surface area contributed by atoms with Crippen molar-refractivity contribution in [1.82, 2.24) is 9.55 Å². The molecular weight excluding hydrogens is 325 g/mol. The highest BCUT2D eigenvalue weighted by Crippen LogP contribution is 2.28. The first kappa shape index (κ1) is 15.8. The van der Waals surface area contributed by atoms with Crippen LogP contribution in [0.25, 0.3) is 28.1 Å². The fraction of sp³-hybridized carbons (Fsp3) is 0. The van der Waals surface area contributed by atoms with Crippen LogP contribution < -0.4 is 0 Å². The summed E-state index contributed by atoms with van der Waals surface area (Å²) in [6, 6.07) is 21.8. The van der Waals surface area contributed by atoms with Crippen molar-refractivity contribution in [1.29, 1.82) is 5.26 Å². The van der Waals surface area contributed by atoms with Gasteiger partial charge in [0.25, 0.3) is 0 Å². The zero-order chi connectivity index (χ0) is 17.9. The molecule has 0 saturated heterocycles. The maximum atomic E-state index is 14.3. The summed E-state index contributed by atoms with van der Waals surface area (Å²) in [6.07, 6.45) is 5.53. The monoisotopic (exact) mass is 339 g/mol. The summed E-state index contributed by atoms with van der Waals surface area (Å²) in [4.78, 5) is 4.34. The van der Waals surface area contributed by atoms with Crippen molar-refractivity contribution < 1.29 is 4.39 Å². The smallest absolute Gasteiger partial charge is 0.125 e. The Balaban J connectivity index is 1.78. The normalized spacial score (nSPS) is 10.5. The fourth-order valence-electron chi connectivity index (χ4n) is 2.95. The van der Waals surface area contributed by atoms with Crippen molar-refractivity contribution >= 4 is 0 Å². The van der Waals surface area contributed by atoms with Gasteiger partial charge in [-0.2, -0.15) is 5.26 Å². The van der Waals surface area contributed by atoms with E-state index in [4.69, 9.17) is 0 Å². The first-order chi connectivity index (χ1) is 12.7. The Morgan fingerprint density at radius 3 is 2.58 bits per heavy atom. The Hall–Kier alpha value is -3.71. The van der Waals surface area contributed by atoms with E-state index in [1.54, 1.807) is 18.3 Å². The molecule has 2 aromatic heterocycles. The zero-order valence-electron chi connectivity index (χ0n) is 13.8. The number of hydrogen-bond acceptors (Lipinski definition) is 2. The van der Waals surface area contributed by atoms with E-state index in [0.29, 0.717) is 22.4 Å². The van der Waals surface area contributed by atoms with E-state index in [1.165, 1.54) is 12.1 Å². The Morgan fingerprint density at radius 1 is 0.923 bits per heavy atom. The van der Waals surface area contributed by atoms with Gasteiger partial charge >= 0.3 is 0 Å². The first-order valence-corrected chi connectivity index (χ1v) is 8.14. The van der Waals surface area contributed by atoms with E-state index >= 15 is 0 Å². The average molecular weight is 339 g/mol. The summed E-state index contributed by atoms with van der Waals surface area (Å²) in [6.45, 7) is 0. The van der Waals surface area contributed by atoms with Gasteiger partial charge in [0.2, 0.25) is 0 Å². The highest BCUT2D eigenvalue weighted by atomic mass is 19.1. The molecule has 0 aliphatic carbocycles. The fourth-order valence-corrected chi connectivity index (χ4v) is 2.95. The second-order valence-electron chi connectivity index (χ2n) is 5.88. The van der Waals surface area contributed by atoms with Crippen LogP contribution in [0.5, 0.6) is 0 Å². The second-order valence-corrected chi connectivity index (χ2v) is 5.88. The molecule has 0 aliphatic rings. The summed E-state index contributed by atoms with van der Waals surface area (Å²) >= 11 is 0. The molecule has 0 N–H and O–H groups in total. The number of hydrogen-bond donors (Lipinski definition) is 0. The van der Waals surface area contributed by atoms with Crippen LogP contribution in [0.1, 0.15) is 5.56 Å². The Morgan fingerprint density at radius 2 is 1.77 bits per heavy atom. The molecule has 4 aromatic rings. The van der Waals surface area contributed by atoms with Gasteiger partial charge in [0, 0.05) is 29.8 Å². The van der Waals surface area contributed by atoms with Gasteiger partial charge in [-0.1, -0.05) is 24.3 Å². The van der Waals surface area contributed by atoms with Crippen molar-refractivity contribution in [3.63, 3.8) is 0 Å². The minimum atomic E-state index is -0.349. The van der Waals surface area contributed by atoms with E-state index in [1.807, 2.05) is 59.4 Å². The molecule has 2 heterocycles. The molecule has 0 spiro atoms. The van der Waals surface area contributed by atoms with Crippen LogP contribution >= 0.6 is 0 Å². The maximum absolute atomic E-state index is 14.3. The third-order valence-corrected chi connectivity index (χ3v) is 4.19. The molecule has 0 radical (unpaired) electrons. The summed E-state index contributed by atoms with van der Waals surface area (Å²) in [5, 5.41) is 9.31. The van der Waals surface area contributed by atoms with Crippen molar-refractivity contribution in [2.24, 2.45) is 0 Å². The average Bonchev–Trinajstić information content (AvgIpc) is 3.18. The van der Waals surface area contributed by atoms with Gasteiger partial charge in [-0.3, -0.25) is 4.98 Å². The highest BCUT2D eigenvalue weighted by molar-refractivity contribution is 5.72. The SMILES string of the molecule is N#Cc1ccccc1-c1cc(F)cc(-n2ccc(-c3ccccn3)c2)c1. The molecule has 4 rings (SSSR count). The maximum Gasteiger partial charge on any atom is 0.125 e. The van der Waals surface area contributed by atoms with E-state index in [9.17, 15) is 9.65 Å². The van der Waals surface area contributed by atoms with Crippen molar-refractivity contribution in [2.75, 3.05) is 0 Å². The standard InChI is InChI=1S/C22H14FN3/c23-19-11-18(21-6-2-1-5-16(21)14-24)12-20(13-19)26-10-8-17(15-26)22-7-3-4-9-25-22/h1-13,15H. The van der Waals surface area contributed by atoms with Crippen LogP contribution in [0.15, 0.2) is 85.3 Å². The summed E-state index contributed by atoms with van der Waals surface area (Å²) < 4.78 is 16.1. The molecule has 0 saturated carbocycles. The lowest BCUT2D eigenvalue weighted by molar-refractivity contribution is 0.627. The number of pyridine rings is 1. The van der Waals surface area contributed by atoms with Gasteiger partial charge in [-0.25, -0.2) is 4.39 Å². The number of benzene rings is 2. The van der Waals surface area contributed by atoms with Crippen molar-refractivity contribution in [2.45, 2.75) is 0 Å². The highest BCUT2D eigenvalue weighted by Gasteiger charge is 2.09. The number of nitriles is 1. The summed E-state index contributed by atoms with van der Waals surface area (Å²) in [7, 11) is 0. The minimum Gasteiger partial charge on any atom is -0.323 e. The van der Waals surface area contributed by atoms with Crippen LogP contribution in [0, 0.1) is 17.1 Å². The molecule has 0 bridgehead atoms. The van der Waals surface area contributed by atoms with Crippen LogP contribution in [-0.4, -0.2) is 9.55 Å². The number of nitrogens with zero attached hydrogens (tertiary/aromatic N) is 3. The zero-order valence-corrected chi connectivity index (χ0v) is 13.8. The molecule has 3 nitrogen and oxygen atoms in total. The Labute approximate surface area is 150 Å². The topological polar surface area (TPSA) is 41.6 Å². The number of aromatic nitrogens is 2. The molecule has 0 atom stereocenters. The van der Waals surface area contributed by atoms with Gasteiger partial charge < -0.3 is 4.57 Å². The van der Waals surface area contributed by atoms with E-state index < -0.39 is 0 Å². The van der Waals surface area contributed by atoms with E-state index in [0.717, 1.165) is 11.3 Å². The lowest BCUT2D eigenvalue weighted by Crippen LogP contribution is -1.93. The van der Waals surface area contributed by atoms with Gasteiger partial charge in [0.05, 0.1) is 17.3 Å². The van der Waals surface area contributed by atoms with Gasteiger partial charge in [-0.05, 0) is 53.6 Å². The van der Waals surface area contributed by atoms with Gasteiger partial charge in [0.15, 0.2) is 0 Å². The molecule has 0 fully saturated rings. The summed E-state index contributed by atoms with van der Waals surface area (Å²) in [5.74, 6) is -0.349. The lowest BCUT2D eigenvalue weighted by Gasteiger charge is -2.09. The molecular formula is C22H14FN3. The van der Waals surface area contributed by atoms with Crippen molar-refractivity contribution in [3.8, 4) is 34.1 Å². The third kappa shape index (κ3) is 2.99. The minimum absolute atomic E-state index is 0.349. The predicted molar refractivity (Wildman–Crippen MR) is 99.1 cm³/mol. The van der Waals surface area contributed by atoms with Gasteiger partial charge in [0.1, 0.15) is 5.82 Å². The van der Waals surface area contributed by atoms with Crippen LogP contribution in [-0.2, 0) is 0 Å². The third-order valence-electron chi connectivity index (χ3n) is 4.19. The van der Waals surface area contributed by atoms with E-state index in [-0.39, 0.29) is 5.82 Å². The van der Waals surface area contributed by atoms with Crippen molar-refractivity contribution in [3.05, 3.63) is 96.7 Å². The summed E-state index contributed by atoms with van der Waals surface area (Å²) in [5.41, 5.74) is 4.41. The second kappa shape index (κ2) is 6.66. The predicted octanol–water partition coefficient (Wildman–Crippen LogP) is 5.22. The van der Waals surface area contributed by atoms with Crippen LogP contribution in [0.3, 0.4) is 0 Å². The van der Waals surface area contributed by atoms with Crippen LogP contribution in [0.2, 0.25) is 0 Å². The first-order valence-electron chi connectivity index (χ1n) is 8.14. The molecule has 26 heavy (non-hydrogen) atoms. The largest absolute Gasteiger partial charge is 0.323 e. The number of halogens is 1.